The average molecular weight is 500 g/mol. The summed E-state index contributed by atoms with van der Waals surface area (Å²) in [6, 6.07) is 3.17. The van der Waals surface area contributed by atoms with E-state index in [0.29, 0.717) is 26.2 Å². The van der Waals surface area contributed by atoms with Gasteiger partial charge in [-0.15, -0.1) is 11.3 Å². The number of halogens is 2. The van der Waals surface area contributed by atoms with Gasteiger partial charge in [-0.05, 0) is 50.5 Å². The first-order chi connectivity index (χ1) is 16.8. The zero-order valence-electron chi connectivity index (χ0n) is 19.8. The summed E-state index contributed by atoms with van der Waals surface area (Å²) >= 11 is 1.68. The van der Waals surface area contributed by atoms with E-state index in [-0.39, 0.29) is 23.3 Å². The highest BCUT2D eigenvalue weighted by Crippen LogP contribution is 2.35. The number of amides is 2. The van der Waals surface area contributed by atoms with E-state index in [0.717, 1.165) is 54.1 Å². The molecule has 0 atom stereocenters. The van der Waals surface area contributed by atoms with Crippen LogP contribution in [-0.2, 0) is 4.79 Å². The molecule has 0 N–H and O–H groups in total. The van der Waals surface area contributed by atoms with Crippen molar-refractivity contribution in [2.24, 2.45) is 5.92 Å². The van der Waals surface area contributed by atoms with Crippen LogP contribution in [0.3, 0.4) is 0 Å². The summed E-state index contributed by atoms with van der Waals surface area (Å²) in [5, 5.41) is 1.11. The Balaban J connectivity index is 1.17. The monoisotopic (exact) mass is 499 g/mol. The van der Waals surface area contributed by atoms with Gasteiger partial charge in [-0.2, -0.15) is 0 Å². The van der Waals surface area contributed by atoms with Crippen LogP contribution in [0.5, 0.6) is 0 Å². The number of piperazine rings is 1. The Hall–Kier alpha value is -3.14. The summed E-state index contributed by atoms with van der Waals surface area (Å²) in [4.78, 5) is 42.7. The summed E-state index contributed by atoms with van der Waals surface area (Å²) in [5.41, 5.74) is 1.33. The number of aromatic nitrogens is 2. The minimum absolute atomic E-state index is 0.0534. The van der Waals surface area contributed by atoms with Crippen molar-refractivity contribution >= 4 is 39.2 Å². The third-order valence-electron chi connectivity index (χ3n) is 7.13. The summed E-state index contributed by atoms with van der Waals surface area (Å²) in [7, 11) is 0. The molecule has 2 saturated heterocycles. The minimum atomic E-state index is -1.04. The third kappa shape index (κ3) is 4.47. The number of fused-ring (bicyclic) bond motifs is 1. The van der Waals surface area contributed by atoms with Gasteiger partial charge in [0, 0.05) is 55.6 Å². The van der Waals surface area contributed by atoms with Gasteiger partial charge in [-0.1, -0.05) is 0 Å². The second kappa shape index (κ2) is 9.49. The highest BCUT2D eigenvalue weighted by atomic mass is 32.1. The zero-order chi connectivity index (χ0) is 24.7. The maximum Gasteiger partial charge on any atom is 0.254 e. The predicted molar refractivity (Wildman–Crippen MR) is 131 cm³/mol. The molecule has 2 aliphatic rings. The standard InChI is InChI=1S/C25H27F2N5O2S/c1-15-16(2)35-23-21(15)22(28-14-29-23)30-7-5-17(6-8-30)24(33)31-9-11-32(12-10-31)25(34)18-3-4-19(26)20(27)13-18/h3-4,13-14,17H,5-12H2,1-2H3. The van der Waals surface area contributed by atoms with Crippen molar-refractivity contribution in [3.63, 3.8) is 0 Å². The molecule has 0 unspecified atom stereocenters. The fourth-order valence-electron chi connectivity index (χ4n) is 4.94. The van der Waals surface area contributed by atoms with Crippen molar-refractivity contribution in [1.82, 2.24) is 19.8 Å². The Bertz CT molecular complexity index is 1280. The molecule has 0 saturated carbocycles. The maximum atomic E-state index is 13.5. The number of aryl methyl sites for hydroxylation is 2. The van der Waals surface area contributed by atoms with Crippen LogP contribution in [0.4, 0.5) is 14.6 Å². The molecule has 10 heteroatoms. The van der Waals surface area contributed by atoms with Crippen molar-refractivity contribution < 1.29 is 18.4 Å². The third-order valence-corrected chi connectivity index (χ3v) is 8.25. The Morgan fingerprint density at radius 2 is 1.63 bits per heavy atom. The Kier molecular flexibility index (Phi) is 6.39. The highest BCUT2D eigenvalue weighted by Gasteiger charge is 2.32. The molecular weight excluding hydrogens is 472 g/mol. The van der Waals surface area contributed by atoms with Crippen LogP contribution in [0.1, 0.15) is 33.6 Å². The molecule has 7 nitrogen and oxygen atoms in total. The minimum Gasteiger partial charge on any atom is -0.356 e. The van der Waals surface area contributed by atoms with E-state index >= 15 is 0 Å². The Morgan fingerprint density at radius 3 is 2.31 bits per heavy atom. The van der Waals surface area contributed by atoms with Crippen LogP contribution in [0.25, 0.3) is 10.2 Å². The van der Waals surface area contributed by atoms with Crippen molar-refractivity contribution in [1.29, 1.82) is 0 Å². The fraction of sp³-hybridized carbons (Fsp3) is 0.440. The van der Waals surface area contributed by atoms with Gasteiger partial charge in [0.05, 0.1) is 5.39 Å². The summed E-state index contributed by atoms with van der Waals surface area (Å²) < 4.78 is 26.7. The van der Waals surface area contributed by atoms with E-state index in [4.69, 9.17) is 0 Å². The lowest BCUT2D eigenvalue weighted by atomic mass is 9.94. The summed E-state index contributed by atoms with van der Waals surface area (Å²) in [5.74, 6) is -1.34. The normalized spacial score (nSPS) is 17.3. The number of hydrogen-bond acceptors (Lipinski definition) is 6. The number of thiophene rings is 1. The summed E-state index contributed by atoms with van der Waals surface area (Å²) in [6.07, 6.45) is 3.12. The molecule has 3 aromatic rings. The molecule has 35 heavy (non-hydrogen) atoms. The van der Waals surface area contributed by atoms with E-state index < -0.39 is 11.6 Å². The Morgan fingerprint density at radius 1 is 0.943 bits per heavy atom. The highest BCUT2D eigenvalue weighted by molar-refractivity contribution is 7.18. The predicted octanol–water partition coefficient (Wildman–Crippen LogP) is 3.79. The molecular formula is C25H27F2N5O2S. The molecule has 184 valence electrons. The molecule has 2 fully saturated rings. The quantitative estimate of drug-likeness (QED) is 0.549. The number of piperidine rings is 1. The number of nitrogens with zero attached hydrogens (tertiary/aromatic N) is 5. The average Bonchev–Trinajstić information content (AvgIpc) is 3.18. The number of hydrogen-bond donors (Lipinski definition) is 0. The number of carbonyl (C=O) groups excluding carboxylic acids is 2. The molecule has 0 aliphatic carbocycles. The molecule has 4 heterocycles. The van der Waals surface area contributed by atoms with Crippen LogP contribution in [0.15, 0.2) is 24.5 Å². The second-order valence-electron chi connectivity index (χ2n) is 9.17. The lowest BCUT2D eigenvalue weighted by molar-refractivity contribution is -0.137. The first-order valence-corrected chi connectivity index (χ1v) is 12.6. The van der Waals surface area contributed by atoms with Crippen LogP contribution in [0, 0.1) is 31.4 Å². The van der Waals surface area contributed by atoms with E-state index in [9.17, 15) is 18.4 Å². The second-order valence-corrected chi connectivity index (χ2v) is 10.4. The number of anilines is 1. The van der Waals surface area contributed by atoms with Gasteiger partial charge >= 0.3 is 0 Å². The van der Waals surface area contributed by atoms with Crippen molar-refractivity contribution in [2.45, 2.75) is 26.7 Å². The van der Waals surface area contributed by atoms with Gasteiger partial charge in [0.15, 0.2) is 11.6 Å². The van der Waals surface area contributed by atoms with Gasteiger partial charge in [0.1, 0.15) is 17.0 Å². The number of benzene rings is 1. The topological polar surface area (TPSA) is 69.6 Å². The van der Waals surface area contributed by atoms with Gasteiger partial charge in [0.25, 0.3) is 5.91 Å². The Labute approximate surface area is 206 Å². The van der Waals surface area contributed by atoms with Gasteiger partial charge < -0.3 is 14.7 Å². The molecule has 0 spiro atoms. The maximum absolute atomic E-state index is 13.5. The van der Waals surface area contributed by atoms with Crippen LogP contribution in [-0.4, -0.2) is 70.9 Å². The van der Waals surface area contributed by atoms with Gasteiger partial charge in [-0.3, -0.25) is 9.59 Å². The van der Waals surface area contributed by atoms with Crippen molar-refractivity contribution in [3.8, 4) is 0 Å². The smallest absolute Gasteiger partial charge is 0.254 e. The van der Waals surface area contributed by atoms with Crippen molar-refractivity contribution in [3.05, 3.63) is 52.2 Å². The first kappa shape index (κ1) is 23.6. The van der Waals surface area contributed by atoms with Gasteiger partial charge in [0.2, 0.25) is 5.91 Å². The van der Waals surface area contributed by atoms with E-state index in [1.807, 2.05) is 4.90 Å². The largest absolute Gasteiger partial charge is 0.356 e. The fourth-order valence-corrected chi connectivity index (χ4v) is 5.93. The van der Waals surface area contributed by atoms with E-state index in [1.54, 1.807) is 22.6 Å². The van der Waals surface area contributed by atoms with Crippen molar-refractivity contribution in [2.75, 3.05) is 44.2 Å². The molecule has 0 radical (unpaired) electrons. The SMILES string of the molecule is Cc1sc2ncnc(N3CCC(C(=O)N4CCN(C(=O)c5ccc(F)c(F)c5)CC4)CC3)c2c1C. The molecule has 0 bridgehead atoms. The zero-order valence-corrected chi connectivity index (χ0v) is 20.6. The molecule has 1 aromatic carbocycles. The first-order valence-electron chi connectivity index (χ1n) is 11.8. The van der Waals surface area contributed by atoms with Crippen LogP contribution in [0.2, 0.25) is 0 Å². The molecule has 2 aliphatic heterocycles. The van der Waals surface area contributed by atoms with E-state index in [2.05, 4.69) is 28.7 Å². The van der Waals surface area contributed by atoms with E-state index in [1.165, 1.54) is 16.5 Å². The number of rotatable bonds is 3. The van der Waals surface area contributed by atoms with Crippen LogP contribution < -0.4 is 4.90 Å². The number of carbonyl (C=O) groups is 2. The summed E-state index contributed by atoms with van der Waals surface area (Å²) in [6.45, 7) is 7.34. The van der Waals surface area contributed by atoms with Gasteiger partial charge in [-0.25, -0.2) is 18.7 Å². The molecule has 2 aromatic heterocycles. The van der Waals surface area contributed by atoms with Crippen LogP contribution >= 0.6 is 11.3 Å². The molecule has 2 amide bonds. The lowest BCUT2D eigenvalue weighted by Gasteiger charge is -2.39. The lowest BCUT2D eigenvalue weighted by Crippen LogP contribution is -2.53. The molecule has 5 rings (SSSR count).